The number of amides is 1. The number of rotatable bonds is 6. The third-order valence-corrected chi connectivity index (χ3v) is 3.67. The van der Waals surface area contributed by atoms with E-state index in [9.17, 15) is 4.79 Å². The minimum atomic E-state index is -0.573. The number of methoxy groups -OCH3 is 1. The van der Waals surface area contributed by atoms with Crippen LogP contribution in [0.15, 0.2) is 53.0 Å². The first-order valence-electron chi connectivity index (χ1n) is 6.92. The molecule has 0 radical (unpaired) electrons. The lowest BCUT2D eigenvalue weighted by atomic mass is 10.2. The van der Waals surface area contributed by atoms with Crippen molar-refractivity contribution in [3.05, 3.63) is 58.6 Å². The number of nitrogens with one attached hydrogen (secondary N) is 1. The van der Waals surface area contributed by atoms with Crippen molar-refractivity contribution >= 4 is 21.8 Å². The average molecular weight is 364 g/mol. The quantitative estimate of drug-likeness (QED) is 0.853. The summed E-state index contributed by atoms with van der Waals surface area (Å²) in [5.74, 6) is 1.24. The number of carbonyl (C=O) groups is 1. The van der Waals surface area contributed by atoms with Crippen LogP contribution in [-0.4, -0.2) is 19.1 Å². The van der Waals surface area contributed by atoms with Crippen molar-refractivity contribution in [2.24, 2.45) is 0 Å². The van der Waals surface area contributed by atoms with Gasteiger partial charge in [-0.2, -0.15) is 0 Å². The molecule has 2 aromatic carbocycles. The lowest BCUT2D eigenvalue weighted by molar-refractivity contribution is -0.127. The largest absolute Gasteiger partial charge is 0.496 e. The highest BCUT2D eigenvalue weighted by molar-refractivity contribution is 9.10. The van der Waals surface area contributed by atoms with E-state index in [0.29, 0.717) is 12.3 Å². The molecule has 1 amide bonds. The van der Waals surface area contributed by atoms with Crippen LogP contribution in [0.5, 0.6) is 11.5 Å². The summed E-state index contributed by atoms with van der Waals surface area (Å²) < 4.78 is 11.8. The van der Waals surface area contributed by atoms with Crippen molar-refractivity contribution < 1.29 is 14.3 Å². The molecule has 2 aromatic rings. The Labute approximate surface area is 138 Å². The van der Waals surface area contributed by atoms with Crippen LogP contribution in [0, 0.1) is 0 Å². The highest BCUT2D eigenvalue weighted by Crippen LogP contribution is 2.18. The molecule has 0 heterocycles. The van der Waals surface area contributed by atoms with Crippen LogP contribution < -0.4 is 14.8 Å². The van der Waals surface area contributed by atoms with E-state index in [1.165, 1.54) is 0 Å². The summed E-state index contributed by atoms with van der Waals surface area (Å²) in [6.07, 6.45) is -0.573. The number of hydrogen-bond donors (Lipinski definition) is 1. The minimum absolute atomic E-state index is 0.172. The Hall–Kier alpha value is -2.01. The van der Waals surface area contributed by atoms with Gasteiger partial charge < -0.3 is 14.8 Å². The Balaban J connectivity index is 1.90. The van der Waals surface area contributed by atoms with Crippen molar-refractivity contribution in [2.75, 3.05) is 7.11 Å². The van der Waals surface area contributed by atoms with Crippen LogP contribution in [0.1, 0.15) is 12.5 Å². The maximum atomic E-state index is 12.1. The second-order valence-corrected chi connectivity index (χ2v) is 5.66. The molecule has 0 aromatic heterocycles. The fraction of sp³-hybridized carbons (Fsp3) is 0.235. The number of para-hydroxylation sites is 1. The van der Waals surface area contributed by atoms with E-state index in [2.05, 4.69) is 21.2 Å². The molecule has 0 bridgehead atoms. The fourth-order valence-corrected chi connectivity index (χ4v) is 2.21. The first-order valence-corrected chi connectivity index (χ1v) is 7.71. The Morgan fingerprint density at radius 1 is 1.18 bits per heavy atom. The van der Waals surface area contributed by atoms with Gasteiger partial charge in [0.1, 0.15) is 11.5 Å². The number of ether oxygens (including phenoxy) is 2. The zero-order chi connectivity index (χ0) is 15.9. The maximum absolute atomic E-state index is 12.1. The molecule has 0 unspecified atom stereocenters. The summed E-state index contributed by atoms with van der Waals surface area (Å²) in [7, 11) is 1.61. The van der Waals surface area contributed by atoms with Crippen molar-refractivity contribution in [1.29, 1.82) is 0 Å². The van der Waals surface area contributed by atoms with Gasteiger partial charge in [0.15, 0.2) is 6.10 Å². The molecule has 116 valence electrons. The van der Waals surface area contributed by atoms with E-state index in [-0.39, 0.29) is 5.91 Å². The van der Waals surface area contributed by atoms with Gasteiger partial charge in [-0.1, -0.05) is 34.1 Å². The van der Waals surface area contributed by atoms with Crippen molar-refractivity contribution in [3.8, 4) is 11.5 Å². The predicted molar refractivity (Wildman–Crippen MR) is 89.1 cm³/mol. The number of hydrogen-bond acceptors (Lipinski definition) is 3. The van der Waals surface area contributed by atoms with E-state index in [0.717, 1.165) is 15.8 Å². The molecule has 5 heteroatoms. The first-order chi connectivity index (χ1) is 10.6. The molecule has 0 aliphatic heterocycles. The summed E-state index contributed by atoms with van der Waals surface area (Å²) in [6, 6.07) is 14.9. The highest BCUT2D eigenvalue weighted by Gasteiger charge is 2.15. The van der Waals surface area contributed by atoms with Gasteiger partial charge in [0.05, 0.1) is 7.11 Å². The van der Waals surface area contributed by atoms with Crippen molar-refractivity contribution in [1.82, 2.24) is 5.32 Å². The van der Waals surface area contributed by atoms with Crippen LogP contribution in [-0.2, 0) is 11.3 Å². The second kappa shape index (κ2) is 7.84. The number of benzene rings is 2. The Morgan fingerprint density at radius 2 is 1.86 bits per heavy atom. The molecule has 0 spiro atoms. The maximum Gasteiger partial charge on any atom is 0.261 e. The van der Waals surface area contributed by atoms with Crippen LogP contribution in [0.4, 0.5) is 0 Å². The van der Waals surface area contributed by atoms with Crippen LogP contribution in [0.2, 0.25) is 0 Å². The van der Waals surface area contributed by atoms with Gasteiger partial charge in [0.2, 0.25) is 0 Å². The van der Waals surface area contributed by atoms with Gasteiger partial charge in [-0.15, -0.1) is 0 Å². The topological polar surface area (TPSA) is 47.6 Å². The summed E-state index contributed by atoms with van der Waals surface area (Å²) >= 11 is 3.36. The number of carbonyl (C=O) groups excluding carboxylic acids is 1. The molecule has 0 saturated heterocycles. The normalized spacial score (nSPS) is 11.6. The summed E-state index contributed by atoms with van der Waals surface area (Å²) in [6.45, 7) is 2.12. The molecule has 1 N–H and O–H groups in total. The second-order valence-electron chi connectivity index (χ2n) is 4.74. The van der Waals surface area contributed by atoms with Gasteiger partial charge in [-0.3, -0.25) is 4.79 Å². The van der Waals surface area contributed by atoms with Gasteiger partial charge in [-0.05, 0) is 37.3 Å². The van der Waals surface area contributed by atoms with Gasteiger partial charge in [-0.25, -0.2) is 0 Å². The van der Waals surface area contributed by atoms with Crippen LogP contribution >= 0.6 is 15.9 Å². The van der Waals surface area contributed by atoms with E-state index in [4.69, 9.17) is 9.47 Å². The highest BCUT2D eigenvalue weighted by atomic mass is 79.9. The predicted octanol–water partition coefficient (Wildman–Crippen LogP) is 3.54. The summed E-state index contributed by atoms with van der Waals surface area (Å²) in [4.78, 5) is 12.1. The summed E-state index contributed by atoms with van der Waals surface area (Å²) in [5, 5.41) is 2.85. The third kappa shape index (κ3) is 4.49. The lowest BCUT2D eigenvalue weighted by Gasteiger charge is -2.15. The monoisotopic (exact) mass is 363 g/mol. The molecular weight excluding hydrogens is 346 g/mol. The average Bonchev–Trinajstić information content (AvgIpc) is 2.54. The van der Waals surface area contributed by atoms with E-state index in [1.54, 1.807) is 14.0 Å². The fourth-order valence-electron chi connectivity index (χ4n) is 1.95. The van der Waals surface area contributed by atoms with Crippen molar-refractivity contribution in [2.45, 2.75) is 19.6 Å². The van der Waals surface area contributed by atoms with Gasteiger partial charge in [0.25, 0.3) is 5.91 Å². The molecule has 1 atom stereocenters. The molecule has 22 heavy (non-hydrogen) atoms. The first kappa shape index (κ1) is 16.4. The zero-order valence-corrected chi connectivity index (χ0v) is 14.1. The van der Waals surface area contributed by atoms with Gasteiger partial charge >= 0.3 is 0 Å². The summed E-state index contributed by atoms with van der Waals surface area (Å²) in [5.41, 5.74) is 0.925. The molecule has 4 nitrogen and oxygen atoms in total. The number of halogens is 1. The molecule has 0 aliphatic carbocycles. The van der Waals surface area contributed by atoms with Crippen LogP contribution in [0.3, 0.4) is 0 Å². The van der Waals surface area contributed by atoms with Crippen molar-refractivity contribution in [3.63, 3.8) is 0 Å². The van der Waals surface area contributed by atoms with E-state index in [1.807, 2.05) is 48.5 Å². The third-order valence-electron chi connectivity index (χ3n) is 3.14. The molecular formula is C17H18BrNO3. The Morgan fingerprint density at radius 3 is 2.55 bits per heavy atom. The SMILES string of the molecule is COc1ccccc1CNC(=O)[C@H](C)Oc1ccc(Br)cc1. The zero-order valence-electron chi connectivity index (χ0n) is 12.5. The van der Waals surface area contributed by atoms with E-state index < -0.39 is 6.10 Å². The standard InChI is InChI=1S/C17H18BrNO3/c1-12(22-15-9-7-14(18)8-10-15)17(20)19-11-13-5-3-4-6-16(13)21-2/h3-10,12H,11H2,1-2H3,(H,19,20)/t12-/m0/s1. The van der Waals surface area contributed by atoms with E-state index >= 15 is 0 Å². The molecule has 0 saturated carbocycles. The Kier molecular flexibility index (Phi) is 5.83. The minimum Gasteiger partial charge on any atom is -0.496 e. The molecule has 0 fully saturated rings. The Bertz CT molecular complexity index is 628. The lowest BCUT2D eigenvalue weighted by Crippen LogP contribution is -2.35. The van der Waals surface area contributed by atoms with Gasteiger partial charge in [0, 0.05) is 16.6 Å². The molecule has 2 rings (SSSR count). The smallest absolute Gasteiger partial charge is 0.261 e. The van der Waals surface area contributed by atoms with Crippen LogP contribution in [0.25, 0.3) is 0 Å². The molecule has 0 aliphatic rings.